The monoisotopic (exact) mass is 613 g/mol. The van der Waals surface area contributed by atoms with Gasteiger partial charge in [0.2, 0.25) is 0 Å². The Balaban J connectivity index is 1.60. The summed E-state index contributed by atoms with van der Waals surface area (Å²) in [6, 6.07) is 20.7. The van der Waals surface area contributed by atoms with E-state index in [1.54, 1.807) is 17.5 Å². The molecule has 43 heavy (non-hydrogen) atoms. The maximum Gasteiger partial charge on any atom is 0.311 e. The van der Waals surface area contributed by atoms with Gasteiger partial charge in [0.15, 0.2) is 0 Å². The first-order chi connectivity index (χ1) is 20.5. The fraction of sp³-hybridized carbons (Fsp3) is 0.343. The number of thioether (sulfide) groups is 1. The highest BCUT2D eigenvalue weighted by Gasteiger charge is 2.34. The number of nitrogens with zero attached hydrogens (tertiary/aromatic N) is 3. The average molecular weight is 614 g/mol. The van der Waals surface area contributed by atoms with E-state index in [0.717, 1.165) is 38.6 Å². The van der Waals surface area contributed by atoms with Crippen molar-refractivity contribution in [2.24, 2.45) is 5.41 Å². The number of fused-ring (bicyclic) bond motifs is 1. The quantitative estimate of drug-likeness (QED) is 0.110. The summed E-state index contributed by atoms with van der Waals surface area (Å²) >= 11 is 3.47. The first kappa shape index (κ1) is 30.8. The Morgan fingerprint density at radius 1 is 0.977 bits per heavy atom. The standard InChI is InChI=1S/C35H39N3O3S2/c1-7-40-33(39)35(5,6)21-30-31(43-34(2,3)4)28-20-27(41-23-26-10-8-9-17-36-26)15-16-29(28)38(30)22-24-11-13-25(14-12-24)32-37-18-19-42-32/h8-20H,7,21-23H2,1-6H3. The van der Waals surface area contributed by atoms with E-state index in [1.165, 1.54) is 10.5 Å². The molecular weight excluding hydrogens is 575 g/mol. The van der Waals surface area contributed by atoms with Crippen LogP contribution in [0.15, 0.2) is 83.3 Å². The summed E-state index contributed by atoms with van der Waals surface area (Å²) in [5, 5.41) is 4.12. The zero-order valence-corrected chi connectivity index (χ0v) is 27.3. The minimum atomic E-state index is -0.706. The van der Waals surface area contributed by atoms with E-state index in [4.69, 9.17) is 9.47 Å². The van der Waals surface area contributed by atoms with Crippen molar-refractivity contribution < 1.29 is 14.3 Å². The van der Waals surface area contributed by atoms with Crippen LogP contribution in [0.1, 0.15) is 58.5 Å². The second-order valence-corrected chi connectivity index (χ2v) is 14.9. The highest BCUT2D eigenvalue weighted by molar-refractivity contribution is 8.00. The second kappa shape index (κ2) is 12.9. The van der Waals surface area contributed by atoms with E-state index in [0.29, 0.717) is 26.2 Å². The third kappa shape index (κ3) is 7.48. The number of thiazole rings is 1. The zero-order valence-electron chi connectivity index (χ0n) is 25.7. The van der Waals surface area contributed by atoms with Crippen LogP contribution in [-0.2, 0) is 29.1 Å². The number of carbonyl (C=O) groups is 1. The molecule has 0 unspecified atom stereocenters. The molecule has 0 aliphatic carbocycles. The lowest BCUT2D eigenvalue weighted by Gasteiger charge is -2.26. The number of rotatable bonds is 11. The van der Waals surface area contributed by atoms with Crippen molar-refractivity contribution >= 4 is 40.0 Å². The van der Waals surface area contributed by atoms with Crippen LogP contribution < -0.4 is 4.74 Å². The van der Waals surface area contributed by atoms with Gasteiger partial charge in [0.05, 0.1) is 17.7 Å². The zero-order chi connectivity index (χ0) is 30.6. The Morgan fingerprint density at radius 3 is 2.42 bits per heavy atom. The Kier molecular flexibility index (Phi) is 9.28. The number of pyridine rings is 1. The minimum absolute atomic E-state index is 0.0535. The van der Waals surface area contributed by atoms with Crippen LogP contribution in [0.4, 0.5) is 0 Å². The van der Waals surface area contributed by atoms with Crippen LogP contribution in [0.5, 0.6) is 5.75 Å². The van der Waals surface area contributed by atoms with Crippen LogP contribution in [0.3, 0.4) is 0 Å². The summed E-state index contributed by atoms with van der Waals surface area (Å²) < 4.78 is 14.0. The van der Waals surface area contributed by atoms with Crippen molar-refractivity contribution in [2.45, 2.75) is 70.8 Å². The fourth-order valence-electron chi connectivity index (χ4n) is 4.98. The first-order valence-corrected chi connectivity index (χ1v) is 16.3. The topological polar surface area (TPSA) is 66.2 Å². The van der Waals surface area contributed by atoms with Crippen LogP contribution in [0, 0.1) is 5.41 Å². The molecule has 0 saturated carbocycles. The molecule has 0 amide bonds. The molecule has 6 nitrogen and oxygen atoms in total. The Labute approximate surface area is 262 Å². The molecule has 0 radical (unpaired) electrons. The lowest BCUT2D eigenvalue weighted by molar-refractivity contribution is -0.153. The summed E-state index contributed by atoms with van der Waals surface area (Å²) in [6.07, 6.45) is 4.15. The number of benzene rings is 2. The smallest absolute Gasteiger partial charge is 0.311 e. The van der Waals surface area contributed by atoms with Gasteiger partial charge in [-0.3, -0.25) is 9.78 Å². The Hall–Kier alpha value is -3.62. The summed E-state index contributed by atoms with van der Waals surface area (Å²) in [5.41, 5.74) is 4.69. The van der Waals surface area contributed by atoms with E-state index >= 15 is 0 Å². The van der Waals surface area contributed by atoms with Crippen LogP contribution in [-0.4, -0.2) is 31.9 Å². The highest BCUT2D eigenvalue weighted by atomic mass is 32.2. The van der Waals surface area contributed by atoms with Crippen LogP contribution >= 0.6 is 23.1 Å². The summed E-state index contributed by atoms with van der Waals surface area (Å²) in [7, 11) is 0. The van der Waals surface area contributed by atoms with E-state index < -0.39 is 5.41 Å². The summed E-state index contributed by atoms with van der Waals surface area (Å²) in [6.45, 7) is 13.9. The van der Waals surface area contributed by atoms with Crippen molar-refractivity contribution in [2.75, 3.05) is 6.61 Å². The number of carbonyl (C=O) groups excluding carboxylic acids is 1. The first-order valence-electron chi connectivity index (χ1n) is 14.6. The van der Waals surface area contributed by atoms with Gasteiger partial charge in [0.1, 0.15) is 17.4 Å². The summed E-state index contributed by atoms with van der Waals surface area (Å²) in [4.78, 5) is 23.1. The van der Waals surface area contributed by atoms with E-state index in [2.05, 4.69) is 71.7 Å². The molecule has 0 N–H and O–H groups in total. The molecule has 3 aromatic heterocycles. The van der Waals surface area contributed by atoms with Gasteiger partial charge in [0.25, 0.3) is 0 Å². The van der Waals surface area contributed by atoms with Gasteiger partial charge in [0, 0.05) is 62.5 Å². The van der Waals surface area contributed by atoms with Crippen molar-refractivity contribution in [3.63, 3.8) is 0 Å². The number of ether oxygens (including phenoxy) is 2. The molecule has 2 aromatic carbocycles. The van der Waals surface area contributed by atoms with Gasteiger partial charge in [-0.1, -0.05) is 51.1 Å². The molecule has 3 heterocycles. The third-order valence-electron chi connectivity index (χ3n) is 7.02. The Bertz CT molecular complexity index is 1670. The number of hydrogen-bond acceptors (Lipinski definition) is 7. The SMILES string of the molecule is CCOC(=O)C(C)(C)Cc1c(SC(C)(C)C)c2cc(OCc3ccccn3)ccc2n1Cc1ccc(-c2nccs2)cc1. The third-order valence-corrected chi connectivity index (χ3v) is 9.12. The maximum absolute atomic E-state index is 13.1. The molecule has 0 saturated heterocycles. The van der Waals surface area contributed by atoms with Crippen molar-refractivity contribution in [3.8, 4) is 16.3 Å². The van der Waals surface area contributed by atoms with Gasteiger partial charge >= 0.3 is 5.97 Å². The van der Waals surface area contributed by atoms with Gasteiger partial charge < -0.3 is 14.0 Å². The average Bonchev–Trinajstić information content (AvgIpc) is 3.60. The van der Waals surface area contributed by atoms with Crippen molar-refractivity contribution in [1.82, 2.24) is 14.5 Å². The van der Waals surface area contributed by atoms with Crippen LogP contribution in [0.25, 0.3) is 21.5 Å². The largest absolute Gasteiger partial charge is 0.487 e. The molecule has 0 aliphatic heterocycles. The molecule has 5 rings (SSSR count). The highest BCUT2D eigenvalue weighted by Crippen LogP contribution is 2.44. The Morgan fingerprint density at radius 2 is 1.77 bits per heavy atom. The normalized spacial score (nSPS) is 12.0. The van der Waals surface area contributed by atoms with E-state index in [1.807, 2.05) is 68.4 Å². The second-order valence-electron chi connectivity index (χ2n) is 12.2. The van der Waals surface area contributed by atoms with Gasteiger partial charge in [-0.2, -0.15) is 0 Å². The van der Waals surface area contributed by atoms with Gasteiger partial charge in [-0.15, -0.1) is 23.1 Å². The van der Waals surface area contributed by atoms with E-state index in [-0.39, 0.29) is 10.7 Å². The lowest BCUT2D eigenvalue weighted by Crippen LogP contribution is -2.30. The number of esters is 1. The molecule has 0 spiro atoms. The molecule has 224 valence electrons. The van der Waals surface area contributed by atoms with Gasteiger partial charge in [-0.25, -0.2) is 4.98 Å². The molecular formula is C35H39N3O3S2. The molecule has 0 fully saturated rings. The molecule has 5 aromatic rings. The molecule has 8 heteroatoms. The predicted molar refractivity (Wildman–Crippen MR) is 177 cm³/mol. The van der Waals surface area contributed by atoms with E-state index in [9.17, 15) is 4.79 Å². The molecule has 0 aliphatic rings. The van der Waals surface area contributed by atoms with Crippen molar-refractivity contribution in [1.29, 1.82) is 0 Å². The summed E-state index contributed by atoms with van der Waals surface area (Å²) in [5.74, 6) is 0.598. The van der Waals surface area contributed by atoms with Crippen molar-refractivity contribution in [3.05, 3.63) is 95.4 Å². The fourth-order valence-corrected chi connectivity index (χ4v) is 6.81. The molecule has 0 atom stereocenters. The number of hydrogen-bond donors (Lipinski definition) is 0. The minimum Gasteiger partial charge on any atom is -0.487 e. The molecule has 0 bridgehead atoms. The maximum atomic E-state index is 13.1. The van der Waals surface area contributed by atoms with Crippen LogP contribution in [0.2, 0.25) is 0 Å². The van der Waals surface area contributed by atoms with Gasteiger partial charge in [-0.05, 0) is 56.7 Å². The lowest BCUT2D eigenvalue weighted by atomic mass is 9.87. The number of aromatic nitrogens is 3. The predicted octanol–water partition coefficient (Wildman–Crippen LogP) is 8.81.